The molecule has 0 aliphatic rings. The first-order valence-corrected chi connectivity index (χ1v) is 17.7. The summed E-state index contributed by atoms with van der Waals surface area (Å²) in [6.07, 6.45) is 8.13. The van der Waals surface area contributed by atoms with Crippen LogP contribution < -0.4 is 0 Å². The van der Waals surface area contributed by atoms with Crippen LogP contribution in [0, 0.1) is 0 Å². The van der Waals surface area contributed by atoms with Crippen LogP contribution in [-0.2, 0) is 0 Å². The van der Waals surface area contributed by atoms with Gasteiger partial charge < -0.3 is 8.83 Å². The standard InChI is InChI=1S/C48H31N3O2/c1-2-3-5-11-30-18-20-32(21-19-30)47-49-46(31-12-6-4-7-13-31)50-48(51-47)38-16-10-17-42-45(38)40-27-35(23-25-41(40)52-42)36-22-24-37-39-26-33-14-8-9-15-34(33)28-44(39)53-43(37)29-36/h2-29H,1H3/b3-2-,11-5-. The van der Waals surface area contributed by atoms with E-state index < -0.39 is 0 Å². The van der Waals surface area contributed by atoms with Gasteiger partial charge in [-0.25, -0.2) is 15.0 Å². The third-order valence-electron chi connectivity index (χ3n) is 9.84. The van der Waals surface area contributed by atoms with Crippen molar-refractivity contribution in [3.63, 3.8) is 0 Å². The highest BCUT2D eigenvalue weighted by Crippen LogP contribution is 2.40. The summed E-state index contributed by atoms with van der Waals surface area (Å²) in [6, 6.07) is 50.0. The van der Waals surface area contributed by atoms with Gasteiger partial charge in [0.25, 0.3) is 0 Å². The fourth-order valence-electron chi connectivity index (χ4n) is 7.20. The third kappa shape index (κ3) is 5.47. The molecule has 0 atom stereocenters. The molecule has 7 aromatic carbocycles. The van der Waals surface area contributed by atoms with E-state index >= 15 is 0 Å². The zero-order valence-corrected chi connectivity index (χ0v) is 28.8. The molecule has 53 heavy (non-hydrogen) atoms. The molecule has 5 nitrogen and oxygen atoms in total. The van der Waals surface area contributed by atoms with E-state index in [-0.39, 0.29) is 0 Å². The molecule has 0 aliphatic carbocycles. The normalized spacial score (nSPS) is 12.1. The molecular weight excluding hydrogens is 651 g/mol. The van der Waals surface area contributed by atoms with Crippen LogP contribution in [-0.4, -0.2) is 15.0 Å². The van der Waals surface area contributed by atoms with Gasteiger partial charge in [-0.2, -0.15) is 0 Å². The molecule has 10 rings (SSSR count). The Hall–Kier alpha value is -7.11. The summed E-state index contributed by atoms with van der Waals surface area (Å²) in [5.74, 6) is 1.80. The molecule has 0 amide bonds. The minimum Gasteiger partial charge on any atom is -0.456 e. The topological polar surface area (TPSA) is 65.0 Å². The predicted octanol–water partition coefficient (Wildman–Crippen LogP) is 13.1. The van der Waals surface area contributed by atoms with E-state index in [4.69, 9.17) is 23.8 Å². The first kappa shape index (κ1) is 30.7. The lowest BCUT2D eigenvalue weighted by atomic mass is 9.99. The van der Waals surface area contributed by atoms with E-state index in [1.165, 1.54) is 10.8 Å². The van der Waals surface area contributed by atoms with Gasteiger partial charge in [-0.05, 0) is 76.9 Å². The van der Waals surface area contributed by atoms with Crippen molar-refractivity contribution >= 4 is 60.7 Å². The van der Waals surface area contributed by atoms with Crippen LogP contribution in [0.15, 0.2) is 173 Å². The molecule has 5 heteroatoms. The molecule has 0 aliphatic heterocycles. The van der Waals surface area contributed by atoms with Crippen molar-refractivity contribution in [2.24, 2.45) is 0 Å². The fourth-order valence-corrected chi connectivity index (χ4v) is 7.20. The predicted molar refractivity (Wildman–Crippen MR) is 217 cm³/mol. The van der Waals surface area contributed by atoms with Gasteiger partial charge in [0.1, 0.15) is 22.3 Å². The van der Waals surface area contributed by atoms with E-state index in [0.29, 0.717) is 17.5 Å². The highest BCUT2D eigenvalue weighted by atomic mass is 16.3. The van der Waals surface area contributed by atoms with Crippen LogP contribution in [0.3, 0.4) is 0 Å². The molecule has 10 aromatic rings. The van der Waals surface area contributed by atoms with Gasteiger partial charge >= 0.3 is 0 Å². The Bertz CT molecular complexity index is 3060. The number of rotatable bonds is 6. The third-order valence-corrected chi connectivity index (χ3v) is 9.84. The molecule has 0 unspecified atom stereocenters. The molecule has 0 saturated heterocycles. The summed E-state index contributed by atoms with van der Waals surface area (Å²) in [5.41, 5.74) is 9.26. The van der Waals surface area contributed by atoms with Crippen molar-refractivity contribution in [1.82, 2.24) is 15.0 Å². The molecule has 3 aromatic heterocycles. The number of furan rings is 2. The maximum absolute atomic E-state index is 6.44. The van der Waals surface area contributed by atoms with Crippen molar-refractivity contribution in [3.8, 4) is 45.3 Å². The number of hydrogen-bond acceptors (Lipinski definition) is 5. The lowest BCUT2D eigenvalue weighted by molar-refractivity contribution is 0.669. The summed E-state index contributed by atoms with van der Waals surface area (Å²) in [5, 5.41) is 6.54. The summed E-state index contributed by atoms with van der Waals surface area (Å²) in [7, 11) is 0. The van der Waals surface area contributed by atoms with Gasteiger partial charge in [0.15, 0.2) is 17.5 Å². The first-order chi connectivity index (χ1) is 26.2. The minimum atomic E-state index is 0.584. The molecule has 0 N–H and O–H groups in total. The van der Waals surface area contributed by atoms with E-state index in [1.54, 1.807) is 0 Å². The second-order valence-electron chi connectivity index (χ2n) is 13.2. The highest BCUT2D eigenvalue weighted by Gasteiger charge is 2.19. The average Bonchev–Trinajstić information content (AvgIpc) is 3.77. The van der Waals surface area contributed by atoms with E-state index in [9.17, 15) is 0 Å². The molecular formula is C48H31N3O2. The Labute approximate surface area is 305 Å². The SMILES string of the molecule is C/C=C\C=C/c1ccc(-c2nc(-c3ccccc3)nc(-c3cccc4oc5ccc(-c6ccc7c(c6)oc6cc8ccccc8cc67)cc5c34)n2)cc1. The molecule has 3 heterocycles. The Balaban J connectivity index is 1.11. The molecule has 0 spiro atoms. The smallest absolute Gasteiger partial charge is 0.164 e. The van der Waals surface area contributed by atoms with Crippen molar-refractivity contribution in [2.45, 2.75) is 6.92 Å². The lowest BCUT2D eigenvalue weighted by Gasteiger charge is -2.09. The monoisotopic (exact) mass is 681 g/mol. The molecule has 0 bridgehead atoms. The van der Waals surface area contributed by atoms with Crippen molar-refractivity contribution in [1.29, 1.82) is 0 Å². The summed E-state index contributed by atoms with van der Waals surface area (Å²) in [6.45, 7) is 2.01. The van der Waals surface area contributed by atoms with Gasteiger partial charge in [0, 0.05) is 38.2 Å². The highest BCUT2D eigenvalue weighted by molar-refractivity contribution is 6.14. The van der Waals surface area contributed by atoms with Crippen LogP contribution in [0.4, 0.5) is 0 Å². The maximum Gasteiger partial charge on any atom is 0.164 e. The quantitative estimate of drug-likeness (QED) is 0.163. The second kappa shape index (κ2) is 12.6. The Morgan fingerprint density at radius 3 is 1.91 bits per heavy atom. The summed E-state index contributed by atoms with van der Waals surface area (Å²) >= 11 is 0. The number of benzene rings is 7. The Morgan fingerprint density at radius 2 is 1.09 bits per heavy atom. The Kier molecular flexibility index (Phi) is 7.29. The molecule has 250 valence electrons. The fraction of sp³-hybridized carbons (Fsp3) is 0.0208. The van der Waals surface area contributed by atoms with Crippen LogP contribution in [0.1, 0.15) is 12.5 Å². The summed E-state index contributed by atoms with van der Waals surface area (Å²) < 4.78 is 12.9. The molecule has 0 saturated carbocycles. The molecule has 0 radical (unpaired) electrons. The average molecular weight is 682 g/mol. The van der Waals surface area contributed by atoms with Crippen LogP contribution >= 0.6 is 0 Å². The van der Waals surface area contributed by atoms with E-state index in [2.05, 4.69) is 103 Å². The van der Waals surface area contributed by atoms with E-state index in [1.807, 2.05) is 73.7 Å². The summed E-state index contributed by atoms with van der Waals surface area (Å²) in [4.78, 5) is 15.1. The van der Waals surface area contributed by atoms with Crippen molar-refractivity contribution < 1.29 is 8.83 Å². The van der Waals surface area contributed by atoms with Gasteiger partial charge in [-0.15, -0.1) is 0 Å². The maximum atomic E-state index is 6.44. The Morgan fingerprint density at radius 1 is 0.434 bits per heavy atom. The lowest BCUT2D eigenvalue weighted by Crippen LogP contribution is -2.00. The van der Waals surface area contributed by atoms with Gasteiger partial charge in [0.05, 0.1) is 0 Å². The van der Waals surface area contributed by atoms with Gasteiger partial charge in [-0.3, -0.25) is 0 Å². The number of aromatic nitrogens is 3. The number of fused-ring (bicyclic) bond motifs is 7. The van der Waals surface area contributed by atoms with Crippen LogP contribution in [0.2, 0.25) is 0 Å². The number of hydrogen-bond donors (Lipinski definition) is 0. The number of nitrogens with zero attached hydrogens (tertiary/aromatic N) is 3. The first-order valence-electron chi connectivity index (χ1n) is 17.7. The van der Waals surface area contributed by atoms with Crippen molar-refractivity contribution in [3.05, 3.63) is 169 Å². The minimum absolute atomic E-state index is 0.584. The largest absolute Gasteiger partial charge is 0.456 e. The van der Waals surface area contributed by atoms with E-state index in [0.717, 1.165) is 77.3 Å². The zero-order chi connectivity index (χ0) is 35.3. The van der Waals surface area contributed by atoms with Gasteiger partial charge in [0.2, 0.25) is 0 Å². The molecule has 0 fully saturated rings. The van der Waals surface area contributed by atoms with Gasteiger partial charge in [-0.1, -0.05) is 127 Å². The number of allylic oxidation sites excluding steroid dienone is 3. The van der Waals surface area contributed by atoms with Crippen molar-refractivity contribution in [2.75, 3.05) is 0 Å². The zero-order valence-electron chi connectivity index (χ0n) is 28.8. The van der Waals surface area contributed by atoms with Crippen LogP contribution in [0.25, 0.3) is 106 Å². The second-order valence-corrected chi connectivity index (χ2v) is 13.2. The van der Waals surface area contributed by atoms with Crippen LogP contribution in [0.5, 0.6) is 0 Å².